The maximum atomic E-state index is 12.1. The summed E-state index contributed by atoms with van der Waals surface area (Å²) in [5.74, 6) is -0.713. The zero-order chi connectivity index (χ0) is 18.3. The summed E-state index contributed by atoms with van der Waals surface area (Å²) in [4.78, 5) is 29.4. The maximum Gasteiger partial charge on any atom is 0.280 e. The van der Waals surface area contributed by atoms with Gasteiger partial charge in [0.2, 0.25) is 0 Å². The highest BCUT2D eigenvalue weighted by Gasteiger charge is 2.14. The number of benzene rings is 2. The molecule has 4 aromatic rings. The van der Waals surface area contributed by atoms with Gasteiger partial charge < -0.3 is 20.2 Å². The number of nitrogens with zero attached hydrogens (tertiary/aromatic N) is 2. The smallest absolute Gasteiger partial charge is 0.280 e. The van der Waals surface area contributed by atoms with Crippen LogP contribution in [0.4, 0.5) is 11.4 Å². The largest absolute Gasteiger partial charge is 0.505 e. The van der Waals surface area contributed by atoms with E-state index in [1.165, 1.54) is 0 Å². The van der Waals surface area contributed by atoms with E-state index in [0.717, 1.165) is 0 Å². The van der Waals surface area contributed by atoms with Gasteiger partial charge >= 0.3 is 0 Å². The van der Waals surface area contributed by atoms with E-state index in [2.05, 4.69) is 20.2 Å². The highest BCUT2D eigenvalue weighted by molar-refractivity contribution is 5.90. The number of azo groups is 1. The zero-order valence-electron chi connectivity index (χ0n) is 13.2. The number of pyridine rings is 2. The first-order chi connectivity index (χ1) is 12.6. The average molecular weight is 348 g/mol. The lowest BCUT2D eigenvalue weighted by Gasteiger charge is -2.04. The van der Waals surface area contributed by atoms with Gasteiger partial charge in [0.1, 0.15) is 0 Å². The highest BCUT2D eigenvalue weighted by Crippen LogP contribution is 2.34. The number of hydrogen-bond acceptors (Lipinski definition) is 6. The number of hydrogen-bond donors (Lipinski definition) is 4. The van der Waals surface area contributed by atoms with Crippen LogP contribution in [-0.4, -0.2) is 20.2 Å². The van der Waals surface area contributed by atoms with Crippen molar-refractivity contribution in [1.82, 2.24) is 9.97 Å². The van der Waals surface area contributed by atoms with Crippen molar-refractivity contribution in [3.05, 3.63) is 69.2 Å². The van der Waals surface area contributed by atoms with Crippen LogP contribution in [0, 0.1) is 0 Å². The fourth-order valence-electron chi connectivity index (χ4n) is 2.72. The van der Waals surface area contributed by atoms with Gasteiger partial charge in [0.15, 0.2) is 22.9 Å². The number of fused-ring (bicyclic) bond motifs is 2. The first-order valence-electron chi connectivity index (χ1n) is 7.66. The summed E-state index contributed by atoms with van der Waals surface area (Å²) in [6, 6.07) is 13.3. The van der Waals surface area contributed by atoms with Gasteiger partial charge in [0.25, 0.3) is 11.1 Å². The Bertz CT molecular complexity index is 1200. The predicted octanol–water partition coefficient (Wildman–Crippen LogP) is 3.20. The highest BCUT2D eigenvalue weighted by atomic mass is 16.3. The van der Waals surface area contributed by atoms with Gasteiger partial charge in [-0.25, -0.2) is 0 Å². The summed E-state index contributed by atoms with van der Waals surface area (Å²) >= 11 is 0. The Morgan fingerprint density at radius 3 is 1.46 bits per heavy atom. The molecule has 2 heterocycles. The number of aromatic nitrogens is 2. The molecule has 0 saturated heterocycles. The molecule has 0 amide bonds. The van der Waals surface area contributed by atoms with Gasteiger partial charge in [-0.1, -0.05) is 24.3 Å². The van der Waals surface area contributed by atoms with Crippen LogP contribution in [0.15, 0.2) is 68.3 Å². The second kappa shape index (κ2) is 5.85. The number of aromatic amines is 2. The number of para-hydroxylation sites is 2. The number of nitrogens with one attached hydrogen (secondary N) is 2. The molecule has 4 rings (SSSR count). The molecule has 0 radical (unpaired) electrons. The zero-order valence-corrected chi connectivity index (χ0v) is 13.2. The Labute approximate surface area is 145 Å². The molecule has 8 nitrogen and oxygen atoms in total. The van der Waals surface area contributed by atoms with Gasteiger partial charge in [-0.3, -0.25) is 9.59 Å². The first kappa shape index (κ1) is 15.6. The molecule has 0 aliphatic heterocycles. The third kappa shape index (κ3) is 2.40. The van der Waals surface area contributed by atoms with Crippen LogP contribution >= 0.6 is 0 Å². The van der Waals surface area contributed by atoms with Crippen LogP contribution in [0.5, 0.6) is 11.5 Å². The van der Waals surface area contributed by atoms with Crippen LogP contribution < -0.4 is 11.1 Å². The molecule has 0 saturated carbocycles. The van der Waals surface area contributed by atoms with Gasteiger partial charge in [-0.15, -0.1) is 10.2 Å². The Hall–Kier alpha value is -3.94. The van der Waals surface area contributed by atoms with E-state index in [-0.39, 0.29) is 22.9 Å². The fourth-order valence-corrected chi connectivity index (χ4v) is 2.72. The molecule has 128 valence electrons. The standard InChI is InChI=1S/C18H12N4O4/c23-15-9-5-1-3-7-11(9)19-17(25)13(15)21-22-14-16(24)10-6-2-4-8-12(10)20-18(14)26/h1-8H,(H2,19,23,25)(H2,20,24,26). The van der Waals surface area contributed by atoms with E-state index in [9.17, 15) is 19.8 Å². The summed E-state index contributed by atoms with van der Waals surface area (Å²) in [6.45, 7) is 0. The van der Waals surface area contributed by atoms with Gasteiger partial charge in [0, 0.05) is 10.8 Å². The van der Waals surface area contributed by atoms with Gasteiger partial charge in [0.05, 0.1) is 11.0 Å². The van der Waals surface area contributed by atoms with Crippen molar-refractivity contribution in [1.29, 1.82) is 0 Å². The number of aromatic hydroxyl groups is 2. The Balaban J connectivity index is 1.90. The van der Waals surface area contributed by atoms with Crippen LogP contribution in [-0.2, 0) is 0 Å². The van der Waals surface area contributed by atoms with Crippen molar-refractivity contribution in [2.75, 3.05) is 0 Å². The van der Waals surface area contributed by atoms with Crippen molar-refractivity contribution >= 4 is 33.2 Å². The predicted molar refractivity (Wildman–Crippen MR) is 96.6 cm³/mol. The molecule has 2 aromatic carbocycles. The van der Waals surface area contributed by atoms with E-state index in [0.29, 0.717) is 21.8 Å². The quantitative estimate of drug-likeness (QED) is 0.414. The molecule has 26 heavy (non-hydrogen) atoms. The van der Waals surface area contributed by atoms with Gasteiger partial charge in [-0.2, -0.15) is 0 Å². The molecule has 0 aliphatic rings. The van der Waals surface area contributed by atoms with Crippen molar-refractivity contribution in [3.8, 4) is 11.5 Å². The first-order valence-corrected chi connectivity index (χ1v) is 7.66. The van der Waals surface area contributed by atoms with E-state index in [4.69, 9.17) is 0 Å². The SMILES string of the molecule is O=c1[nH]c2ccccc2c(O)c1N=Nc1c(O)c2ccccc2[nH]c1=O. The lowest BCUT2D eigenvalue weighted by molar-refractivity contribution is 0.479. The van der Waals surface area contributed by atoms with Crippen molar-refractivity contribution in [3.63, 3.8) is 0 Å². The Kier molecular flexibility index (Phi) is 3.51. The van der Waals surface area contributed by atoms with Gasteiger partial charge in [-0.05, 0) is 24.3 Å². The summed E-state index contributed by atoms with van der Waals surface area (Å²) in [5, 5.41) is 28.8. The number of rotatable bonds is 2. The Morgan fingerprint density at radius 1 is 0.654 bits per heavy atom. The molecule has 0 atom stereocenters. The molecule has 0 spiro atoms. The monoisotopic (exact) mass is 348 g/mol. The minimum Gasteiger partial charge on any atom is -0.505 e. The topological polar surface area (TPSA) is 131 Å². The lowest BCUT2D eigenvalue weighted by Crippen LogP contribution is -2.06. The maximum absolute atomic E-state index is 12.1. The second-order valence-electron chi connectivity index (χ2n) is 5.59. The van der Waals surface area contributed by atoms with Crippen LogP contribution in [0.25, 0.3) is 21.8 Å². The molecule has 8 heteroatoms. The lowest BCUT2D eigenvalue weighted by atomic mass is 10.2. The van der Waals surface area contributed by atoms with Crippen LogP contribution in [0.1, 0.15) is 0 Å². The van der Waals surface area contributed by atoms with Crippen molar-refractivity contribution < 1.29 is 10.2 Å². The molecule has 0 unspecified atom stereocenters. The molecule has 4 N–H and O–H groups in total. The minimum absolute atomic E-state index is 0.351. The summed E-state index contributed by atoms with van der Waals surface area (Å²) < 4.78 is 0. The normalized spacial score (nSPS) is 11.5. The fraction of sp³-hybridized carbons (Fsp3) is 0. The molecule has 0 bridgehead atoms. The summed E-state index contributed by atoms with van der Waals surface area (Å²) in [6.07, 6.45) is 0. The molecule has 2 aromatic heterocycles. The minimum atomic E-state index is -0.665. The summed E-state index contributed by atoms with van der Waals surface area (Å²) in [7, 11) is 0. The molecular weight excluding hydrogens is 336 g/mol. The second-order valence-corrected chi connectivity index (χ2v) is 5.59. The van der Waals surface area contributed by atoms with Crippen LogP contribution in [0.3, 0.4) is 0 Å². The average Bonchev–Trinajstić information content (AvgIpc) is 2.64. The third-order valence-electron chi connectivity index (χ3n) is 3.99. The van der Waals surface area contributed by atoms with E-state index >= 15 is 0 Å². The van der Waals surface area contributed by atoms with E-state index in [1.807, 2.05) is 0 Å². The molecule has 0 fully saturated rings. The number of H-pyrrole nitrogens is 2. The summed E-state index contributed by atoms with van der Waals surface area (Å²) in [5.41, 5.74) is -1.14. The molecule has 0 aliphatic carbocycles. The van der Waals surface area contributed by atoms with Crippen molar-refractivity contribution in [2.45, 2.75) is 0 Å². The molecular formula is C18H12N4O4. The van der Waals surface area contributed by atoms with E-state index < -0.39 is 11.1 Å². The third-order valence-corrected chi connectivity index (χ3v) is 3.99. The van der Waals surface area contributed by atoms with Crippen molar-refractivity contribution in [2.24, 2.45) is 10.2 Å². The van der Waals surface area contributed by atoms with Crippen LogP contribution in [0.2, 0.25) is 0 Å². The Morgan fingerprint density at radius 2 is 1.04 bits per heavy atom. The van der Waals surface area contributed by atoms with E-state index in [1.54, 1.807) is 48.5 Å².